The van der Waals surface area contributed by atoms with Crippen molar-refractivity contribution in [1.82, 2.24) is 20.9 Å². The zero-order valence-electron chi connectivity index (χ0n) is 19.0. The number of nitrogens with zero attached hydrogens (tertiary/aromatic N) is 1. The Labute approximate surface area is 209 Å². The van der Waals surface area contributed by atoms with Gasteiger partial charge < -0.3 is 25.4 Å². The number of carbonyl (C=O) groups excluding carboxylic acids is 2. The van der Waals surface area contributed by atoms with E-state index in [0.717, 1.165) is 35.4 Å². The van der Waals surface area contributed by atoms with Crippen molar-refractivity contribution >= 4 is 24.2 Å². The summed E-state index contributed by atoms with van der Waals surface area (Å²) in [4.78, 5) is 29.6. The molecule has 2 aromatic carbocycles. The van der Waals surface area contributed by atoms with Crippen LogP contribution in [-0.2, 0) is 11.3 Å². The van der Waals surface area contributed by atoms with E-state index in [4.69, 9.17) is 9.47 Å². The standard InChI is InChI=1S/C26H26N4O4.ClH/c31-25-16-33-22-3-1-2-18(11-22)19-10-20(14-28-13-19)26(32)30-23-15-27-9-8-24(23)34-21-6-4-17(5-7-21)12-29-25;/h1-7,10-11,13-14,23-24,27H,8-9,12,15-16H2,(H,29,31)(H,30,32);1H/t23-,24+;/m1./s1. The summed E-state index contributed by atoms with van der Waals surface area (Å²) in [6.45, 7) is 1.74. The monoisotopic (exact) mass is 494 g/mol. The minimum atomic E-state index is -0.210. The molecule has 35 heavy (non-hydrogen) atoms. The smallest absolute Gasteiger partial charge is 0.258 e. The molecule has 0 spiro atoms. The van der Waals surface area contributed by atoms with E-state index in [9.17, 15) is 9.59 Å². The summed E-state index contributed by atoms with van der Waals surface area (Å²) < 4.78 is 11.9. The van der Waals surface area contributed by atoms with Gasteiger partial charge in [-0.3, -0.25) is 14.6 Å². The highest BCUT2D eigenvalue weighted by Crippen LogP contribution is 2.24. The van der Waals surface area contributed by atoms with Gasteiger partial charge in [0.05, 0.1) is 11.6 Å². The van der Waals surface area contributed by atoms with Gasteiger partial charge in [-0.2, -0.15) is 0 Å². The van der Waals surface area contributed by atoms with Crippen molar-refractivity contribution < 1.29 is 19.1 Å². The first-order chi connectivity index (χ1) is 16.6. The van der Waals surface area contributed by atoms with Crippen molar-refractivity contribution in [3.05, 3.63) is 78.1 Å². The Morgan fingerprint density at radius 3 is 2.60 bits per heavy atom. The van der Waals surface area contributed by atoms with Crippen molar-refractivity contribution in [3.8, 4) is 22.6 Å². The zero-order chi connectivity index (χ0) is 23.3. The Morgan fingerprint density at radius 1 is 0.914 bits per heavy atom. The molecule has 0 unspecified atom stereocenters. The molecule has 8 nitrogen and oxygen atoms in total. The van der Waals surface area contributed by atoms with Gasteiger partial charge in [0.1, 0.15) is 17.6 Å². The normalized spacial score (nSPS) is 20.1. The Bertz CT molecular complexity index is 1190. The van der Waals surface area contributed by atoms with Crippen LogP contribution in [0.4, 0.5) is 0 Å². The third kappa shape index (κ3) is 6.09. The van der Waals surface area contributed by atoms with Crippen LogP contribution >= 0.6 is 12.4 Å². The lowest BCUT2D eigenvalue weighted by Crippen LogP contribution is -2.55. The first-order valence-corrected chi connectivity index (χ1v) is 11.4. The van der Waals surface area contributed by atoms with Crippen LogP contribution in [0.15, 0.2) is 67.0 Å². The number of rotatable bonds is 0. The summed E-state index contributed by atoms with van der Waals surface area (Å²) in [5.41, 5.74) is 3.05. The Kier molecular flexibility index (Phi) is 7.84. The topological polar surface area (TPSA) is 102 Å². The molecule has 0 radical (unpaired) electrons. The van der Waals surface area contributed by atoms with Crippen LogP contribution in [0, 0.1) is 0 Å². The fraction of sp³-hybridized carbons (Fsp3) is 0.269. The molecule has 1 fully saturated rings. The van der Waals surface area contributed by atoms with Crippen LogP contribution in [0.1, 0.15) is 22.3 Å². The van der Waals surface area contributed by atoms with Gasteiger partial charge >= 0.3 is 0 Å². The number of carbonyl (C=O) groups is 2. The minimum Gasteiger partial charge on any atom is -0.488 e. The first kappa shape index (κ1) is 24.5. The molecule has 4 heterocycles. The molecule has 1 saturated heterocycles. The number of fused-ring (bicyclic) bond motifs is 7. The summed E-state index contributed by atoms with van der Waals surface area (Å²) in [5, 5.41) is 9.32. The Balaban J connectivity index is 0.00000289. The largest absolute Gasteiger partial charge is 0.488 e. The maximum absolute atomic E-state index is 13.1. The van der Waals surface area contributed by atoms with E-state index in [1.165, 1.54) is 0 Å². The number of aromatic nitrogens is 1. The molecule has 3 aliphatic heterocycles. The summed E-state index contributed by atoms with van der Waals surface area (Å²) in [7, 11) is 0. The molecule has 2 amide bonds. The number of ether oxygens (including phenoxy) is 2. The van der Waals surface area contributed by atoms with E-state index in [1.807, 2.05) is 42.5 Å². The summed E-state index contributed by atoms with van der Waals surface area (Å²) in [5.74, 6) is 0.874. The molecule has 1 aromatic heterocycles. The lowest BCUT2D eigenvalue weighted by atomic mass is 10.0. The Morgan fingerprint density at radius 2 is 1.74 bits per heavy atom. The van der Waals surface area contributed by atoms with Crippen molar-refractivity contribution in [3.63, 3.8) is 0 Å². The molecule has 9 heteroatoms. The maximum atomic E-state index is 13.1. The SMILES string of the molecule is Cl.O=C1COc2cccc(c2)-c2cncc(c2)C(=O)N[C@@H]2CNCC[C@@H]2Oc2ccc(cc2)CN1. The van der Waals surface area contributed by atoms with Gasteiger partial charge in [0.15, 0.2) is 6.61 Å². The second-order valence-electron chi connectivity index (χ2n) is 8.43. The van der Waals surface area contributed by atoms with Crippen molar-refractivity contribution in [2.75, 3.05) is 19.7 Å². The fourth-order valence-electron chi connectivity index (χ4n) is 4.12. The van der Waals surface area contributed by atoms with Gasteiger partial charge in [-0.1, -0.05) is 24.3 Å². The molecule has 2 atom stereocenters. The van der Waals surface area contributed by atoms with E-state index < -0.39 is 0 Å². The van der Waals surface area contributed by atoms with E-state index in [2.05, 4.69) is 20.9 Å². The quantitative estimate of drug-likeness (QED) is 0.444. The van der Waals surface area contributed by atoms with Crippen molar-refractivity contribution in [2.45, 2.75) is 25.1 Å². The molecule has 182 valence electrons. The maximum Gasteiger partial charge on any atom is 0.258 e. The van der Waals surface area contributed by atoms with Crippen LogP contribution in [0.3, 0.4) is 0 Å². The predicted molar refractivity (Wildman–Crippen MR) is 134 cm³/mol. The predicted octanol–water partition coefficient (Wildman–Crippen LogP) is 2.72. The number of nitrogens with one attached hydrogen (secondary N) is 3. The zero-order valence-corrected chi connectivity index (χ0v) is 19.8. The number of pyridine rings is 1. The van der Waals surface area contributed by atoms with Crippen LogP contribution in [-0.4, -0.2) is 48.6 Å². The highest BCUT2D eigenvalue weighted by molar-refractivity contribution is 5.95. The summed E-state index contributed by atoms with van der Waals surface area (Å²) >= 11 is 0. The fourth-order valence-corrected chi connectivity index (χ4v) is 4.12. The second-order valence-corrected chi connectivity index (χ2v) is 8.43. The molecule has 3 aliphatic rings. The van der Waals surface area contributed by atoms with Gasteiger partial charge in [-0.25, -0.2) is 0 Å². The average Bonchev–Trinajstić information content (AvgIpc) is 2.88. The number of piperidine rings is 1. The van der Waals surface area contributed by atoms with Crippen LogP contribution < -0.4 is 25.4 Å². The molecule has 0 saturated carbocycles. The number of hydrogen-bond donors (Lipinski definition) is 3. The second kappa shape index (κ2) is 11.2. The van der Waals surface area contributed by atoms with Gasteiger partial charge in [0.25, 0.3) is 11.8 Å². The molecule has 6 bridgehead atoms. The minimum absolute atomic E-state index is 0. The van der Waals surface area contributed by atoms with Crippen molar-refractivity contribution in [1.29, 1.82) is 0 Å². The number of benzene rings is 2. The molecular formula is C26H27ClN4O4. The molecule has 3 N–H and O–H groups in total. The van der Waals surface area contributed by atoms with Crippen molar-refractivity contribution in [2.24, 2.45) is 0 Å². The molecule has 6 rings (SSSR count). The van der Waals surface area contributed by atoms with Gasteiger partial charge in [0.2, 0.25) is 0 Å². The first-order valence-electron chi connectivity index (χ1n) is 11.4. The van der Waals surface area contributed by atoms with E-state index >= 15 is 0 Å². The van der Waals surface area contributed by atoms with E-state index in [0.29, 0.717) is 24.4 Å². The van der Waals surface area contributed by atoms with Gasteiger partial charge in [0, 0.05) is 31.0 Å². The highest BCUT2D eigenvalue weighted by Gasteiger charge is 2.28. The lowest BCUT2D eigenvalue weighted by molar-refractivity contribution is -0.123. The Hall–Kier alpha value is -3.62. The van der Waals surface area contributed by atoms with E-state index in [-0.39, 0.29) is 43.0 Å². The highest BCUT2D eigenvalue weighted by atomic mass is 35.5. The average molecular weight is 495 g/mol. The van der Waals surface area contributed by atoms with Gasteiger partial charge in [-0.05, 0) is 54.4 Å². The summed E-state index contributed by atoms with van der Waals surface area (Å²) in [6, 6.07) is 16.6. The molecule has 3 aromatic rings. The lowest BCUT2D eigenvalue weighted by Gasteiger charge is -2.33. The third-order valence-electron chi connectivity index (χ3n) is 5.97. The number of hydrogen-bond acceptors (Lipinski definition) is 6. The van der Waals surface area contributed by atoms with Crippen LogP contribution in [0.2, 0.25) is 0 Å². The molecular weight excluding hydrogens is 468 g/mol. The van der Waals surface area contributed by atoms with Crippen LogP contribution in [0.5, 0.6) is 11.5 Å². The molecule has 0 aliphatic carbocycles. The van der Waals surface area contributed by atoms with E-state index in [1.54, 1.807) is 24.5 Å². The van der Waals surface area contributed by atoms with Gasteiger partial charge in [-0.15, -0.1) is 12.4 Å². The summed E-state index contributed by atoms with van der Waals surface area (Å²) in [6.07, 6.45) is 3.87. The third-order valence-corrected chi connectivity index (χ3v) is 5.97. The van der Waals surface area contributed by atoms with Crippen LogP contribution in [0.25, 0.3) is 11.1 Å². The number of halogens is 1. The number of amides is 2.